The molecule has 5 rings (SSSR count). The molecule has 2 aromatic carbocycles. The summed E-state index contributed by atoms with van der Waals surface area (Å²) in [4.78, 5) is 19.9. The average Bonchev–Trinajstić information content (AvgIpc) is 3.47. The third-order valence-electron chi connectivity index (χ3n) is 7.24. The first kappa shape index (κ1) is 27.4. The summed E-state index contributed by atoms with van der Waals surface area (Å²) >= 11 is 0. The average molecular weight is 538 g/mol. The van der Waals surface area contributed by atoms with Crippen LogP contribution in [-0.4, -0.2) is 54.7 Å². The van der Waals surface area contributed by atoms with Gasteiger partial charge in [0.05, 0.1) is 35.7 Å². The van der Waals surface area contributed by atoms with Gasteiger partial charge in [-0.15, -0.1) is 0 Å². The molecule has 1 amide bonds. The lowest BCUT2D eigenvalue weighted by Crippen LogP contribution is -2.29. The second-order valence-corrected chi connectivity index (χ2v) is 10.4. The van der Waals surface area contributed by atoms with E-state index in [0.29, 0.717) is 46.8 Å². The minimum absolute atomic E-state index is 0.108. The number of hydrogen-bond acceptors (Lipinski definition) is 7. The lowest BCUT2D eigenvalue weighted by atomic mass is 10.1. The number of pyridine rings is 1. The lowest BCUT2D eigenvalue weighted by molar-refractivity contribution is -0.111. The number of likely N-dealkylation sites (tertiary alicyclic amines) is 1. The van der Waals surface area contributed by atoms with E-state index in [4.69, 9.17) is 9.47 Å². The second kappa shape index (κ2) is 12.8. The number of aromatic nitrogens is 1. The molecule has 2 saturated heterocycles. The predicted octanol–water partition coefficient (Wildman–Crippen LogP) is 6.03. The summed E-state index contributed by atoms with van der Waals surface area (Å²) in [5, 5.41) is 17.0. The van der Waals surface area contributed by atoms with Crippen LogP contribution in [0.15, 0.2) is 61.3 Å². The molecule has 206 valence electrons. The number of hydrogen-bond donors (Lipinski definition) is 2. The molecule has 2 fully saturated rings. The first-order chi connectivity index (χ1) is 19.5. The standard InChI is InChI=1S/C32H35N5O3/c1-22(2)23-8-6-9-25(16-23)35-32-24(19-33)20-34-28-18-30(40-26-11-15-39-21-26)29(17-27(28)32)36-31(38)10-7-14-37-12-4-3-5-13-37/h6-10,16-18,20,26H,1,3-5,11-15,21H2,2H3,(H,34,35)(H,36,38)/b10-7+/t26-/m0/s1. The maximum absolute atomic E-state index is 13.0. The summed E-state index contributed by atoms with van der Waals surface area (Å²) < 4.78 is 11.8. The van der Waals surface area contributed by atoms with Crippen molar-refractivity contribution in [2.75, 3.05) is 43.5 Å². The zero-order valence-corrected chi connectivity index (χ0v) is 22.9. The topological polar surface area (TPSA) is 99.5 Å². The van der Waals surface area contributed by atoms with E-state index in [1.54, 1.807) is 12.3 Å². The van der Waals surface area contributed by atoms with Gasteiger partial charge in [-0.2, -0.15) is 5.26 Å². The normalized spacial score (nSPS) is 17.6. The molecule has 0 bridgehead atoms. The Morgan fingerprint density at radius 3 is 2.88 bits per heavy atom. The molecule has 40 heavy (non-hydrogen) atoms. The van der Waals surface area contributed by atoms with E-state index >= 15 is 0 Å². The van der Waals surface area contributed by atoms with Crippen LogP contribution in [0.2, 0.25) is 0 Å². The van der Waals surface area contributed by atoms with Gasteiger partial charge in [-0.3, -0.25) is 14.7 Å². The fraction of sp³-hybridized carbons (Fsp3) is 0.344. The molecule has 3 heterocycles. The van der Waals surface area contributed by atoms with Crippen molar-refractivity contribution in [1.82, 2.24) is 9.88 Å². The largest absolute Gasteiger partial charge is 0.486 e. The van der Waals surface area contributed by atoms with E-state index in [2.05, 4.69) is 33.2 Å². The van der Waals surface area contributed by atoms with E-state index in [0.717, 1.165) is 42.9 Å². The van der Waals surface area contributed by atoms with Gasteiger partial charge in [-0.05, 0) is 56.6 Å². The molecule has 8 heteroatoms. The maximum Gasteiger partial charge on any atom is 0.248 e. The number of allylic oxidation sites excluding steroid dienone is 1. The second-order valence-electron chi connectivity index (χ2n) is 10.4. The maximum atomic E-state index is 13.0. The molecule has 2 aliphatic heterocycles. The third-order valence-corrected chi connectivity index (χ3v) is 7.24. The number of amides is 1. The quantitative estimate of drug-likeness (QED) is 0.322. The molecule has 1 aromatic heterocycles. The molecule has 0 radical (unpaired) electrons. The van der Waals surface area contributed by atoms with Gasteiger partial charge in [-0.1, -0.05) is 36.8 Å². The van der Waals surface area contributed by atoms with Crippen molar-refractivity contribution in [2.45, 2.75) is 38.7 Å². The lowest BCUT2D eigenvalue weighted by Gasteiger charge is -2.24. The Morgan fingerprint density at radius 2 is 2.12 bits per heavy atom. The molecule has 0 aliphatic carbocycles. The predicted molar refractivity (Wildman–Crippen MR) is 159 cm³/mol. The highest BCUT2D eigenvalue weighted by Crippen LogP contribution is 2.37. The summed E-state index contributed by atoms with van der Waals surface area (Å²) in [5.41, 5.74) is 4.93. The van der Waals surface area contributed by atoms with E-state index in [9.17, 15) is 10.1 Å². The molecule has 8 nitrogen and oxygen atoms in total. The minimum Gasteiger partial charge on any atom is -0.486 e. The van der Waals surface area contributed by atoms with Crippen molar-refractivity contribution in [3.8, 4) is 11.8 Å². The molecular formula is C32H35N5O3. The number of anilines is 3. The van der Waals surface area contributed by atoms with Crippen molar-refractivity contribution in [2.24, 2.45) is 0 Å². The summed E-state index contributed by atoms with van der Waals surface area (Å²) in [6, 6.07) is 13.8. The summed E-state index contributed by atoms with van der Waals surface area (Å²) in [5.74, 6) is 0.283. The molecule has 0 unspecified atom stereocenters. The molecule has 2 aliphatic rings. The van der Waals surface area contributed by atoms with Crippen LogP contribution in [0.3, 0.4) is 0 Å². The SMILES string of the molecule is C=C(C)c1cccc(Nc2c(C#N)cnc3cc(O[C@H]4CCOC4)c(NC(=O)/C=C/CN4CCCCC4)cc23)c1. The van der Waals surface area contributed by atoms with Crippen LogP contribution in [0.25, 0.3) is 16.5 Å². The van der Waals surface area contributed by atoms with Gasteiger partial charge in [0, 0.05) is 42.4 Å². The minimum atomic E-state index is -0.239. The van der Waals surface area contributed by atoms with Crippen molar-refractivity contribution in [3.63, 3.8) is 0 Å². The van der Waals surface area contributed by atoms with E-state index in [1.165, 1.54) is 19.3 Å². The zero-order valence-electron chi connectivity index (χ0n) is 22.9. The Balaban J connectivity index is 1.48. The Hall–Kier alpha value is -4.19. The Labute approximate surface area is 235 Å². The van der Waals surface area contributed by atoms with Crippen LogP contribution in [-0.2, 0) is 9.53 Å². The van der Waals surface area contributed by atoms with Crippen molar-refractivity contribution in [3.05, 3.63) is 72.5 Å². The van der Waals surface area contributed by atoms with Crippen molar-refractivity contribution in [1.29, 1.82) is 5.26 Å². The van der Waals surface area contributed by atoms with Gasteiger partial charge < -0.3 is 20.1 Å². The number of carbonyl (C=O) groups is 1. The van der Waals surface area contributed by atoms with Crippen LogP contribution in [0.1, 0.15) is 43.7 Å². The highest BCUT2D eigenvalue weighted by molar-refractivity contribution is 6.05. The number of benzene rings is 2. The highest BCUT2D eigenvalue weighted by Gasteiger charge is 2.21. The van der Waals surface area contributed by atoms with Gasteiger partial charge in [-0.25, -0.2) is 0 Å². The number of piperidine rings is 1. The summed E-state index contributed by atoms with van der Waals surface area (Å²) in [7, 11) is 0. The number of ether oxygens (including phenoxy) is 2. The first-order valence-corrected chi connectivity index (χ1v) is 13.8. The number of nitriles is 1. The summed E-state index contributed by atoms with van der Waals surface area (Å²) in [6.45, 7) is 10.0. The van der Waals surface area contributed by atoms with Crippen LogP contribution in [0, 0.1) is 11.3 Å². The Morgan fingerprint density at radius 1 is 1.27 bits per heavy atom. The number of rotatable bonds is 9. The molecule has 2 N–H and O–H groups in total. The fourth-order valence-electron chi connectivity index (χ4n) is 5.05. The van der Waals surface area contributed by atoms with Gasteiger partial charge in [0.15, 0.2) is 0 Å². The molecule has 0 saturated carbocycles. The highest BCUT2D eigenvalue weighted by atomic mass is 16.5. The third kappa shape index (κ3) is 6.68. The van der Waals surface area contributed by atoms with E-state index in [1.807, 2.05) is 49.4 Å². The first-order valence-electron chi connectivity index (χ1n) is 13.8. The van der Waals surface area contributed by atoms with Crippen LogP contribution < -0.4 is 15.4 Å². The van der Waals surface area contributed by atoms with E-state index < -0.39 is 0 Å². The number of carbonyl (C=O) groups excluding carboxylic acids is 1. The number of nitrogens with one attached hydrogen (secondary N) is 2. The van der Waals surface area contributed by atoms with Crippen LogP contribution >= 0.6 is 0 Å². The number of fused-ring (bicyclic) bond motifs is 1. The van der Waals surface area contributed by atoms with Gasteiger partial charge in [0.25, 0.3) is 0 Å². The van der Waals surface area contributed by atoms with Crippen molar-refractivity contribution >= 4 is 39.4 Å². The fourth-order valence-corrected chi connectivity index (χ4v) is 5.05. The molecule has 0 spiro atoms. The van der Waals surface area contributed by atoms with Crippen molar-refractivity contribution < 1.29 is 14.3 Å². The molecule has 3 aromatic rings. The van der Waals surface area contributed by atoms with Gasteiger partial charge in [0.1, 0.15) is 17.9 Å². The smallest absolute Gasteiger partial charge is 0.248 e. The zero-order chi connectivity index (χ0) is 27.9. The van der Waals surface area contributed by atoms with Crippen LogP contribution in [0.4, 0.5) is 17.1 Å². The monoisotopic (exact) mass is 537 g/mol. The Kier molecular flexibility index (Phi) is 8.74. The summed E-state index contributed by atoms with van der Waals surface area (Å²) in [6.07, 6.45) is 9.38. The van der Waals surface area contributed by atoms with Gasteiger partial charge >= 0.3 is 0 Å². The van der Waals surface area contributed by atoms with Crippen LogP contribution in [0.5, 0.6) is 5.75 Å². The molecular weight excluding hydrogens is 502 g/mol. The molecule has 1 atom stereocenters. The van der Waals surface area contributed by atoms with Gasteiger partial charge in [0.2, 0.25) is 5.91 Å². The Bertz CT molecular complexity index is 1460. The van der Waals surface area contributed by atoms with E-state index in [-0.39, 0.29) is 12.0 Å². The number of nitrogens with zero attached hydrogens (tertiary/aromatic N) is 3.